The van der Waals surface area contributed by atoms with E-state index in [1.54, 1.807) is 6.92 Å². The standard InChI is InChI=1S/C24H29N3O2/c1-7-17(8-2)20-12-13(3)26-27-22(14(4)25-24(20)27)21-16(6)29-23-18(15(5)28)10-9-11-19(21)23/h9-12,15,17,28H,7-8H2,1-6H3/t15-/m1/s1. The smallest absolute Gasteiger partial charge is 0.157 e. The maximum absolute atomic E-state index is 10.2. The summed E-state index contributed by atoms with van der Waals surface area (Å²) in [4.78, 5) is 4.94. The van der Waals surface area contributed by atoms with Crippen molar-refractivity contribution >= 4 is 16.6 Å². The van der Waals surface area contributed by atoms with Gasteiger partial charge in [0, 0.05) is 16.5 Å². The molecule has 0 amide bonds. The summed E-state index contributed by atoms with van der Waals surface area (Å²) in [6.07, 6.45) is 1.55. The highest BCUT2D eigenvalue weighted by Crippen LogP contribution is 2.40. The molecule has 1 N–H and O–H groups in total. The molecular formula is C24H29N3O2. The van der Waals surface area contributed by atoms with Crippen LogP contribution in [0.1, 0.15) is 73.9 Å². The highest BCUT2D eigenvalue weighted by molar-refractivity contribution is 5.97. The van der Waals surface area contributed by atoms with Crippen molar-refractivity contribution in [1.29, 1.82) is 0 Å². The van der Waals surface area contributed by atoms with Gasteiger partial charge in [-0.1, -0.05) is 32.0 Å². The van der Waals surface area contributed by atoms with E-state index in [4.69, 9.17) is 14.5 Å². The van der Waals surface area contributed by atoms with Crippen LogP contribution in [0.4, 0.5) is 0 Å². The molecule has 0 aliphatic rings. The molecule has 152 valence electrons. The quantitative estimate of drug-likeness (QED) is 0.451. The predicted octanol–water partition coefficient (Wildman–Crippen LogP) is 6.02. The zero-order valence-electron chi connectivity index (χ0n) is 18.1. The van der Waals surface area contributed by atoms with Gasteiger partial charge in [0.25, 0.3) is 0 Å². The topological polar surface area (TPSA) is 63.6 Å². The minimum Gasteiger partial charge on any atom is -0.460 e. The number of fused-ring (bicyclic) bond motifs is 2. The van der Waals surface area contributed by atoms with Gasteiger partial charge in [0.1, 0.15) is 11.3 Å². The molecule has 0 aliphatic carbocycles. The molecule has 0 radical (unpaired) electrons. The minimum atomic E-state index is -0.595. The number of aliphatic hydroxyl groups excluding tert-OH is 1. The van der Waals surface area contributed by atoms with Crippen molar-refractivity contribution in [3.8, 4) is 11.3 Å². The van der Waals surface area contributed by atoms with Crippen molar-refractivity contribution in [2.24, 2.45) is 0 Å². The summed E-state index contributed by atoms with van der Waals surface area (Å²) in [6.45, 7) is 12.3. The maximum Gasteiger partial charge on any atom is 0.157 e. The van der Waals surface area contributed by atoms with E-state index in [-0.39, 0.29) is 0 Å². The molecule has 0 spiro atoms. The molecule has 0 aliphatic heterocycles. The number of aliphatic hydroxyl groups is 1. The average molecular weight is 392 g/mol. The number of hydrogen-bond donors (Lipinski definition) is 1. The van der Waals surface area contributed by atoms with Crippen LogP contribution in [0.25, 0.3) is 27.9 Å². The minimum absolute atomic E-state index is 0.456. The van der Waals surface area contributed by atoms with Gasteiger partial charge in [-0.15, -0.1) is 0 Å². The summed E-state index contributed by atoms with van der Waals surface area (Å²) in [5.41, 5.74) is 7.60. The molecule has 3 heterocycles. The molecule has 5 heteroatoms. The van der Waals surface area contributed by atoms with Crippen LogP contribution < -0.4 is 0 Å². The van der Waals surface area contributed by atoms with E-state index in [2.05, 4.69) is 19.9 Å². The fourth-order valence-corrected chi connectivity index (χ4v) is 4.48. The second-order valence-corrected chi connectivity index (χ2v) is 7.97. The lowest BCUT2D eigenvalue weighted by Crippen LogP contribution is -2.05. The summed E-state index contributed by atoms with van der Waals surface area (Å²) >= 11 is 0. The number of rotatable bonds is 5. The summed E-state index contributed by atoms with van der Waals surface area (Å²) < 4.78 is 8.13. The SMILES string of the molecule is CCC(CC)c1cc(C)nn2c(-c3c(C)oc4c([C@@H](C)O)cccc34)c(C)nc12. The number of aromatic nitrogens is 3. The molecule has 5 nitrogen and oxygen atoms in total. The predicted molar refractivity (Wildman–Crippen MR) is 116 cm³/mol. The molecule has 0 saturated heterocycles. The van der Waals surface area contributed by atoms with Crippen LogP contribution in [-0.4, -0.2) is 19.7 Å². The fourth-order valence-electron chi connectivity index (χ4n) is 4.48. The summed E-state index contributed by atoms with van der Waals surface area (Å²) in [6, 6.07) is 8.10. The van der Waals surface area contributed by atoms with Crippen molar-refractivity contribution in [2.75, 3.05) is 0 Å². The third-order valence-electron chi connectivity index (χ3n) is 5.94. The Balaban J connectivity index is 2.07. The molecule has 3 aromatic heterocycles. The zero-order chi connectivity index (χ0) is 20.9. The Kier molecular flexibility index (Phi) is 4.95. The third kappa shape index (κ3) is 3.04. The zero-order valence-corrected chi connectivity index (χ0v) is 18.1. The van der Waals surface area contributed by atoms with Crippen LogP contribution in [0.5, 0.6) is 0 Å². The number of nitrogens with zero attached hydrogens (tertiary/aromatic N) is 3. The van der Waals surface area contributed by atoms with E-state index >= 15 is 0 Å². The Morgan fingerprint density at radius 3 is 2.48 bits per heavy atom. The Labute approximate surface area is 171 Å². The van der Waals surface area contributed by atoms with Gasteiger partial charge in [-0.25, -0.2) is 9.50 Å². The summed E-state index contributed by atoms with van der Waals surface area (Å²) in [7, 11) is 0. The number of para-hydroxylation sites is 1. The first kappa shape index (κ1) is 19.6. The van der Waals surface area contributed by atoms with Crippen LogP contribution in [0.2, 0.25) is 0 Å². The lowest BCUT2D eigenvalue weighted by atomic mass is 9.95. The van der Waals surface area contributed by atoms with Gasteiger partial charge in [0.2, 0.25) is 0 Å². The van der Waals surface area contributed by atoms with Crippen LogP contribution in [0.3, 0.4) is 0 Å². The lowest BCUT2D eigenvalue weighted by molar-refractivity contribution is 0.199. The van der Waals surface area contributed by atoms with Crippen molar-refractivity contribution < 1.29 is 9.52 Å². The molecule has 4 aromatic rings. The van der Waals surface area contributed by atoms with E-state index in [0.717, 1.165) is 63.4 Å². The molecular weight excluding hydrogens is 362 g/mol. The second-order valence-electron chi connectivity index (χ2n) is 7.97. The Morgan fingerprint density at radius 2 is 1.83 bits per heavy atom. The van der Waals surface area contributed by atoms with E-state index < -0.39 is 6.10 Å². The normalized spacial score (nSPS) is 13.1. The molecule has 0 unspecified atom stereocenters. The Hall–Kier alpha value is -2.66. The van der Waals surface area contributed by atoms with Crippen molar-refractivity contribution in [3.63, 3.8) is 0 Å². The molecule has 1 aromatic carbocycles. The van der Waals surface area contributed by atoms with E-state index in [1.165, 1.54) is 5.56 Å². The van der Waals surface area contributed by atoms with Crippen molar-refractivity contribution in [2.45, 2.75) is 66.4 Å². The highest BCUT2D eigenvalue weighted by Gasteiger charge is 2.25. The first-order chi connectivity index (χ1) is 13.9. The Morgan fingerprint density at radius 1 is 1.10 bits per heavy atom. The van der Waals surface area contributed by atoms with Crippen molar-refractivity contribution in [3.05, 3.63) is 52.5 Å². The van der Waals surface area contributed by atoms with Gasteiger partial charge >= 0.3 is 0 Å². The molecule has 0 fully saturated rings. The van der Waals surface area contributed by atoms with E-state index in [1.807, 2.05) is 43.5 Å². The second kappa shape index (κ2) is 7.30. The third-order valence-corrected chi connectivity index (χ3v) is 5.94. The molecule has 0 bridgehead atoms. The van der Waals surface area contributed by atoms with E-state index in [9.17, 15) is 5.11 Å². The van der Waals surface area contributed by atoms with Crippen molar-refractivity contribution in [1.82, 2.24) is 14.6 Å². The van der Waals surface area contributed by atoms with Gasteiger partial charge in [-0.2, -0.15) is 5.10 Å². The number of aryl methyl sites for hydroxylation is 3. The first-order valence-corrected chi connectivity index (χ1v) is 10.4. The Bertz CT molecular complexity index is 1200. The largest absolute Gasteiger partial charge is 0.460 e. The van der Waals surface area contributed by atoms with E-state index in [0.29, 0.717) is 5.92 Å². The lowest BCUT2D eigenvalue weighted by Gasteiger charge is -2.14. The fraction of sp³-hybridized carbons (Fsp3) is 0.417. The van der Waals surface area contributed by atoms with Gasteiger partial charge in [0.15, 0.2) is 5.65 Å². The van der Waals surface area contributed by atoms with Gasteiger partial charge in [-0.3, -0.25) is 0 Å². The highest BCUT2D eigenvalue weighted by atomic mass is 16.3. The van der Waals surface area contributed by atoms with Gasteiger partial charge in [-0.05, 0) is 52.5 Å². The maximum atomic E-state index is 10.2. The average Bonchev–Trinajstić information content (AvgIpc) is 3.17. The van der Waals surface area contributed by atoms with Gasteiger partial charge < -0.3 is 9.52 Å². The van der Waals surface area contributed by atoms with Crippen LogP contribution >= 0.6 is 0 Å². The molecule has 29 heavy (non-hydrogen) atoms. The number of benzene rings is 1. The van der Waals surface area contributed by atoms with Gasteiger partial charge in [0.05, 0.1) is 28.7 Å². The number of imidazole rings is 1. The van der Waals surface area contributed by atoms with Crippen LogP contribution in [0, 0.1) is 20.8 Å². The summed E-state index contributed by atoms with van der Waals surface area (Å²) in [5.74, 6) is 1.27. The molecule has 1 atom stereocenters. The first-order valence-electron chi connectivity index (χ1n) is 10.4. The molecule has 4 rings (SSSR count). The molecule has 0 saturated carbocycles. The number of furan rings is 1. The number of hydrogen-bond acceptors (Lipinski definition) is 4. The monoisotopic (exact) mass is 391 g/mol. The summed E-state index contributed by atoms with van der Waals surface area (Å²) in [5, 5.41) is 16.0. The van der Waals surface area contributed by atoms with Crippen LogP contribution in [-0.2, 0) is 0 Å². The van der Waals surface area contributed by atoms with Crippen LogP contribution in [0.15, 0.2) is 28.7 Å².